The number of anilines is 1. The van der Waals surface area contributed by atoms with Gasteiger partial charge in [-0.3, -0.25) is 10.1 Å². The second-order valence-electron chi connectivity index (χ2n) is 8.49. The zero-order chi connectivity index (χ0) is 27.5. The average molecular weight is 578 g/mol. The number of furan rings is 1. The van der Waals surface area contributed by atoms with Gasteiger partial charge in [0.1, 0.15) is 22.8 Å². The standard InChI is InChI=1S/C29H21Cl2N3O4S/c1-16-3-4-17(28-32-24-15-20(36-2)7-11-26(24)38-28)13-23(16)33-29(39)34-27(35)12-8-19-6-10-25(37-19)21-9-5-18(30)14-22(21)31/h3-15H,1-2H3,(H2,33,34,35,39). The smallest absolute Gasteiger partial charge is 0.250 e. The number of halogens is 2. The lowest BCUT2D eigenvalue weighted by molar-refractivity contribution is -0.115. The van der Waals surface area contributed by atoms with Crippen molar-refractivity contribution in [2.24, 2.45) is 0 Å². The normalized spacial score (nSPS) is 11.2. The number of carbonyl (C=O) groups excluding carboxylic acids is 1. The third-order valence-electron chi connectivity index (χ3n) is 5.79. The third-order valence-corrected chi connectivity index (χ3v) is 6.54. The highest BCUT2D eigenvalue weighted by Gasteiger charge is 2.13. The van der Waals surface area contributed by atoms with Gasteiger partial charge in [-0.2, -0.15) is 0 Å². The number of methoxy groups -OCH3 is 1. The van der Waals surface area contributed by atoms with Crippen molar-refractivity contribution in [2.75, 3.05) is 12.4 Å². The molecule has 0 radical (unpaired) electrons. The van der Waals surface area contributed by atoms with Gasteiger partial charge in [0.2, 0.25) is 11.8 Å². The number of nitrogens with zero attached hydrogens (tertiary/aromatic N) is 1. The Morgan fingerprint density at radius 2 is 1.87 bits per heavy atom. The second kappa shape index (κ2) is 11.3. The number of rotatable bonds is 6. The minimum atomic E-state index is -0.420. The summed E-state index contributed by atoms with van der Waals surface area (Å²) in [6, 6.07) is 19.8. The number of oxazole rings is 1. The molecule has 0 bridgehead atoms. The molecule has 0 unspecified atom stereocenters. The van der Waals surface area contributed by atoms with E-state index in [-0.39, 0.29) is 5.11 Å². The Morgan fingerprint density at radius 3 is 2.67 bits per heavy atom. The SMILES string of the molecule is COc1ccc2oc(-c3ccc(C)c(NC(=S)NC(=O)C=Cc4ccc(-c5ccc(Cl)cc5Cl)o4)c3)nc2c1. The van der Waals surface area contributed by atoms with Crippen LogP contribution in [0.15, 0.2) is 81.6 Å². The first kappa shape index (κ1) is 26.5. The zero-order valence-electron chi connectivity index (χ0n) is 20.7. The number of nitrogens with one attached hydrogen (secondary N) is 2. The molecule has 2 aromatic heterocycles. The molecule has 0 aliphatic rings. The van der Waals surface area contributed by atoms with Gasteiger partial charge < -0.3 is 18.9 Å². The highest BCUT2D eigenvalue weighted by molar-refractivity contribution is 7.80. The minimum absolute atomic E-state index is 0.139. The summed E-state index contributed by atoms with van der Waals surface area (Å²) in [7, 11) is 1.60. The van der Waals surface area contributed by atoms with Gasteiger partial charge in [0.05, 0.1) is 12.1 Å². The van der Waals surface area contributed by atoms with Crippen molar-refractivity contribution < 1.29 is 18.4 Å². The van der Waals surface area contributed by atoms with Crippen molar-refractivity contribution in [3.63, 3.8) is 0 Å². The van der Waals surface area contributed by atoms with Gasteiger partial charge in [0, 0.05) is 34.0 Å². The Morgan fingerprint density at radius 1 is 1.03 bits per heavy atom. The highest BCUT2D eigenvalue weighted by Crippen LogP contribution is 2.32. The number of carbonyl (C=O) groups is 1. The molecular weight excluding hydrogens is 557 g/mol. The molecule has 0 saturated carbocycles. The molecule has 39 heavy (non-hydrogen) atoms. The summed E-state index contributed by atoms with van der Waals surface area (Å²) in [5.74, 6) is 1.77. The molecule has 3 aromatic carbocycles. The van der Waals surface area contributed by atoms with Gasteiger partial charge in [0.15, 0.2) is 10.7 Å². The monoisotopic (exact) mass is 577 g/mol. The Hall–Kier alpha value is -4.11. The van der Waals surface area contributed by atoms with Crippen LogP contribution in [0.4, 0.5) is 5.69 Å². The Balaban J connectivity index is 1.24. The van der Waals surface area contributed by atoms with Crippen LogP contribution in [-0.4, -0.2) is 23.1 Å². The lowest BCUT2D eigenvalue weighted by Gasteiger charge is -2.11. The number of thiocarbonyl (C=S) groups is 1. The number of fused-ring (bicyclic) bond motifs is 1. The van der Waals surface area contributed by atoms with E-state index in [1.807, 2.05) is 43.3 Å². The van der Waals surface area contributed by atoms with Crippen molar-refractivity contribution in [3.8, 4) is 28.5 Å². The number of amides is 1. The lowest BCUT2D eigenvalue weighted by atomic mass is 10.1. The van der Waals surface area contributed by atoms with Gasteiger partial charge in [-0.15, -0.1) is 0 Å². The summed E-state index contributed by atoms with van der Waals surface area (Å²) >= 11 is 17.6. The van der Waals surface area contributed by atoms with Crippen LogP contribution in [0.5, 0.6) is 5.75 Å². The quantitative estimate of drug-likeness (QED) is 0.156. The molecule has 5 rings (SSSR count). The van der Waals surface area contributed by atoms with E-state index in [1.165, 1.54) is 6.08 Å². The second-order valence-corrected chi connectivity index (χ2v) is 9.74. The molecule has 0 aliphatic heterocycles. The molecule has 0 fully saturated rings. The molecule has 0 spiro atoms. The number of ether oxygens (including phenoxy) is 1. The van der Waals surface area contributed by atoms with Gasteiger partial charge >= 0.3 is 0 Å². The van der Waals surface area contributed by atoms with Crippen LogP contribution in [0.2, 0.25) is 10.0 Å². The Bertz CT molecular complexity index is 1740. The van der Waals surface area contributed by atoms with Crippen LogP contribution in [0.25, 0.3) is 40.0 Å². The molecular formula is C29H21Cl2N3O4S. The van der Waals surface area contributed by atoms with Crippen LogP contribution in [-0.2, 0) is 4.79 Å². The Kier molecular flexibility index (Phi) is 7.70. The molecule has 5 aromatic rings. The van der Waals surface area contributed by atoms with Crippen molar-refractivity contribution in [1.29, 1.82) is 0 Å². The van der Waals surface area contributed by atoms with E-state index in [0.29, 0.717) is 55.6 Å². The van der Waals surface area contributed by atoms with Gasteiger partial charge in [-0.25, -0.2) is 4.98 Å². The zero-order valence-corrected chi connectivity index (χ0v) is 23.1. The molecule has 1 amide bonds. The first-order chi connectivity index (χ1) is 18.8. The van der Waals surface area contributed by atoms with E-state index in [1.54, 1.807) is 43.5 Å². The maximum atomic E-state index is 12.5. The maximum absolute atomic E-state index is 12.5. The number of aromatic nitrogens is 1. The Labute approximate surface area is 239 Å². The maximum Gasteiger partial charge on any atom is 0.250 e. The summed E-state index contributed by atoms with van der Waals surface area (Å²) in [6.45, 7) is 1.93. The molecule has 10 heteroatoms. The van der Waals surface area contributed by atoms with Gasteiger partial charge in [0.25, 0.3) is 0 Å². The third kappa shape index (κ3) is 6.15. The van der Waals surface area contributed by atoms with E-state index in [9.17, 15) is 4.79 Å². The first-order valence-corrected chi connectivity index (χ1v) is 12.9. The summed E-state index contributed by atoms with van der Waals surface area (Å²) < 4.78 is 16.9. The van der Waals surface area contributed by atoms with E-state index >= 15 is 0 Å². The van der Waals surface area contributed by atoms with Crippen LogP contribution < -0.4 is 15.4 Å². The molecule has 0 aliphatic carbocycles. The number of aryl methyl sites for hydroxylation is 1. The topological polar surface area (TPSA) is 89.5 Å². The number of hydrogen-bond donors (Lipinski definition) is 2. The number of benzene rings is 3. The fraction of sp³-hybridized carbons (Fsp3) is 0.0690. The van der Waals surface area contributed by atoms with Crippen molar-refractivity contribution in [3.05, 3.63) is 94.2 Å². The first-order valence-electron chi connectivity index (χ1n) is 11.7. The molecule has 196 valence electrons. The highest BCUT2D eigenvalue weighted by atomic mass is 35.5. The average Bonchev–Trinajstić information content (AvgIpc) is 3.55. The van der Waals surface area contributed by atoms with E-state index in [0.717, 1.165) is 11.1 Å². The van der Waals surface area contributed by atoms with Crippen molar-refractivity contribution in [1.82, 2.24) is 10.3 Å². The van der Waals surface area contributed by atoms with E-state index in [2.05, 4.69) is 15.6 Å². The van der Waals surface area contributed by atoms with E-state index in [4.69, 9.17) is 49.0 Å². The minimum Gasteiger partial charge on any atom is -0.497 e. The van der Waals surface area contributed by atoms with Crippen molar-refractivity contribution >= 4 is 69.3 Å². The summed E-state index contributed by atoms with van der Waals surface area (Å²) in [6.07, 6.45) is 2.87. The predicted octanol–water partition coefficient (Wildman–Crippen LogP) is 7.91. The van der Waals surface area contributed by atoms with Crippen LogP contribution in [0.3, 0.4) is 0 Å². The molecule has 2 N–H and O–H groups in total. The largest absolute Gasteiger partial charge is 0.497 e. The van der Waals surface area contributed by atoms with Crippen LogP contribution in [0, 0.1) is 6.92 Å². The lowest BCUT2D eigenvalue weighted by Crippen LogP contribution is -2.33. The number of hydrogen-bond acceptors (Lipinski definition) is 6. The molecule has 0 atom stereocenters. The fourth-order valence-corrected chi connectivity index (χ4v) is 4.50. The summed E-state index contributed by atoms with van der Waals surface area (Å²) in [5, 5.41) is 6.84. The van der Waals surface area contributed by atoms with Gasteiger partial charge in [-0.05, 0) is 85.4 Å². The van der Waals surface area contributed by atoms with E-state index < -0.39 is 5.91 Å². The van der Waals surface area contributed by atoms with Crippen LogP contribution >= 0.6 is 35.4 Å². The van der Waals surface area contributed by atoms with Crippen molar-refractivity contribution in [2.45, 2.75) is 6.92 Å². The molecule has 2 heterocycles. The van der Waals surface area contributed by atoms with Gasteiger partial charge in [-0.1, -0.05) is 29.3 Å². The van der Waals surface area contributed by atoms with Crippen LogP contribution in [0.1, 0.15) is 11.3 Å². The molecule has 7 nitrogen and oxygen atoms in total. The fourth-order valence-electron chi connectivity index (χ4n) is 3.79. The summed E-state index contributed by atoms with van der Waals surface area (Å²) in [5.41, 5.74) is 4.42. The summed E-state index contributed by atoms with van der Waals surface area (Å²) in [4.78, 5) is 17.0. The predicted molar refractivity (Wildman–Crippen MR) is 158 cm³/mol. The molecule has 0 saturated heterocycles.